The molecule has 0 saturated heterocycles. The number of benzene rings is 2. The Kier molecular flexibility index (Phi) is 9.42. The number of amidine groups is 1. The highest BCUT2D eigenvalue weighted by atomic mass is 16.5. The third kappa shape index (κ3) is 7.96. The van der Waals surface area contributed by atoms with Gasteiger partial charge in [-0.25, -0.2) is 0 Å². The van der Waals surface area contributed by atoms with Crippen molar-refractivity contribution in [2.75, 3.05) is 11.9 Å². The zero-order valence-corrected chi connectivity index (χ0v) is 21.1. The Bertz CT molecular complexity index is 1220. The minimum Gasteiger partial charge on any atom is -0.490 e. The Morgan fingerprint density at radius 1 is 1.05 bits per heavy atom. The van der Waals surface area contributed by atoms with Gasteiger partial charge in [0.2, 0.25) is 5.91 Å². The Balaban J connectivity index is 1.84. The number of carbonyl (C=O) groups excluding carboxylic acids is 2. The maximum absolute atomic E-state index is 13.3. The predicted octanol–water partition coefficient (Wildman–Crippen LogP) is 3.09. The summed E-state index contributed by atoms with van der Waals surface area (Å²) in [7, 11) is 0. The van der Waals surface area contributed by atoms with Gasteiger partial charge in [-0.05, 0) is 74.4 Å². The average Bonchev–Trinajstić information content (AvgIpc) is 2.87. The molecule has 0 aliphatic heterocycles. The number of carbonyl (C=O) groups is 2. The molecule has 3 rings (SSSR count). The lowest BCUT2D eigenvalue weighted by Crippen LogP contribution is -2.46. The highest BCUT2D eigenvalue weighted by molar-refractivity contribution is 5.95. The fraction of sp³-hybridized carbons (Fsp3) is 0.259. The van der Waals surface area contributed by atoms with Crippen molar-refractivity contribution in [1.29, 1.82) is 5.41 Å². The SMILES string of the molecule is CCOc1cc(C(Nc2ccc(C(=N)N)cc2)C(=O)NNC(=O)Cc2cccnc2)ccc1OC(C)C. The van der Waals surface area contributed by atoms with Crippen LogP contribution >= 0.6 is 0 Å². The number of rotatable bonds is 11. The van der Waals surface area contributed by atoms with Gasteiger partial charge in [0.25, 0.3) is 5.91 Å². The normalized spacial score (nSPS) is 11.4. The van der Waals surface area contributed by atoms with Gasteiger partial charge < -0.3 is 20.5 Å². The monoisotopic (exact) mass is 504 g/mol. The molecule has 0 bridgehead atoms. The van der Waals surface area contributed by atoms with E-state index in [1.165, 1.54) is 0 Å². The first kappa shape index (κ1) is 27.0. The molecule has 1 heterocycles. The van der Waals surface area contributed by atoms with E-state index in [1.807, 2.05) is 20.8 Å². The first-order valence-electron chi connectivity index (χ1n) is 11.9. The molecule has 2 aromatic carbocycles. The third-order valence-electron chi connectivity index (χ3n) is 5.15. The standard InChI is InChI=1S/C27H32N6O4/c1-4-36-23-15-20(9-12-22(23)37-17(2)3)25(31-21-10-7-19(8-11-21)26(28)29)27(35)33-32-24(34)14-18-6-5-13-30-16-18/h5-13,15-17,25,31H,4,14H2,1-3H3,(H3,28,29)(H,32,34)(H,33,35). The topological polar surface area (TPSA) is 151 Å². The van der Waals surface area contributed by atoms with Gasteiger partial charge in [0.15, 0.2) is 11.5 Å². The summed E-state index contributed by atoms with van der Waals surface area (Å²) in [6, 6.07) is 14.7. The number of nitrogens with one attached hydrogen (secondary N) is 4. The number of nitrogens with zero attached hydrogens (tertiary/aromatic N) is 1. The van der Waals surface area contributed by atoms with E-state index in [2.05, 4.69) is 21.2 Å². The van der Waals surface area contributed by atoms with E-state index in [0.29, 0.717) is 34.9 Å². The number of hydrogen-bond donors (Lipinski definition) is 5. The van der Waals surface area contributed by atoms with Crippen LogP contribution < -0.4 is 31.4 Å². The van der Waals surface area contributed by atoms with Crippen molar-refractivity contribution in [1.82, 2.24) is 15.8 Å². The molecule has 1 atom stereocenters. The van der Waals surface area contributed by atoms with E-state index < -0.39 is 11.9 Å². The van der Waals surface area contributed by atoms with Gasteiger partial charge in [-0.3, -0.25) is 30.8 Å². The first-order chi connectivity index (χ1) is 17.8. The number of aromatic nitrogens is 1. The Morgan fingerprint density at radius 3 is 2.43 bits per heavy atom. The number of ether oxygens (including phenoxy) is 2. The molecule has 0 aliphatic rings. The van der Waals surface area contributed by atoms with Gasteiger partial charge in [-0.15, -0.1) is 0 Å². The Labute approximate surface area is 216 Å². The van der Waals surface area contributed by atoms with Crippen molar-refractivity contribution in [3.8, 4) is 11.5 Å². The molecule has 37 heavy (non-hydrogen) atoms. The molecule has 1 aromatic heterocycles. The van der Waals surface area contributed by atoms with Crippen LogP contribution in [0, 0.1) is 5.41 Å². The second-order valence-corrected chi connectivity index (χ2v) is 8.45. The average molecular weight is 505 g/mol. The molecular formula is C27H32N6O4. The molecule has 194 valence electrons. The van der Waals surface area contributed by atoms with Crippen LogP contribution in [0.1, 0.15) is 43.5 Å². The lowest BCUT2D eigenvalue weighted by Gasteiger charge is -2.22. The summed E-state index contributed by atoms with van der Waals surface area (Å²) in [5, 5.41) is 10.8. The van der Waals surface area contributed by atoms with Gasteiger partial charge in [0, 0.05) is 23.6 Å². The van der Waals surface area contributed by atoms with Crippen molar-refractivity contribution >= 4 is 23.3 Å². The summed E-state index contributed by atoms with van der Waals surface area (Å²) < 4.78 is 11.6. The van der Waals surface area contributed by atoms with Crippen LogP contribution in [-0.2, 0) is 16.0 Å². The van der Waals surface area contributed by atoms with Crippen LogP contribution in [0.3, 0.4) is 0 Å². The molecule has 6 N–H and O–H groups in total. The molecule has 0 fully saturated rings. The minimum absolute atomic E-state index is 0.0562. The van der Waals surface area contributed by atoms with E-state index in [0.717, 1.165) is 5.56 Å². The number of pyridine rings is 1. The summed E-state index contributed by atoms with van der Waals surface area (Å²) in [6.07, 6.45) is 3.22. The summed E-state index contributed by atoms with van der Waals surface area (Å²) in [5.74, 6) is 0.132. The molecule has 0 aliphatic carbocycles. The van der Waals surface area contributed by atoms with Gasteiger partial charge in [-0.1, -0.05) is 12.1 Å². The van der Waals surface area contributed by atoms with Crippen LogP contribution in [-0.4, -0.2) is 35.3 Å². The van der Waals surface area contributed by atoms with Gasteiger partial charge in [-0.2, -0.15) is 0 Å². The first-order valence-corrected chi connectivity index (χ1v) is 11.9. The van der Waals surface area contributed by atoms with Crippen LogP contribution in [0.2, 0.25) is 0 Å². The fourth-order valence-electron chi connectivity index (χ4n) is 3.47. The van der Waals surface area contributed by atoms with E-state index in [4.69, 9.17) is 20.6 Å². The van der Waals surface area contributed by atoms with Crippen LogP contribution in [0.4, 0.5) is 5.69 Å². The van der Waals surface area contributed by atoms with Gasteiger partial charge in [0.1, 0.15) is 11.9 Å². The van der Waals surface area contributed by atoms with Crippen molar-refractivity contribution in [2.24, 2.45) is 5.73 Å². The molecule has 0 saturated carbocycles. The number of hydrazine groups is 1. The number of anilines is 1. The molecule has 10 nitrogen and oxygen atoms in total. The van der Waals surface area contributed by atoms with Gasteiger partial charge in [0.05, 0.1) is 19.1 Å². The van der Waals surface area contributed by atoms with E-state index in [-0.39, 0.29) is 24.3 Å². The zero-order valence-electron chi connectivity index (χ0n) is 21.1. The Morgan fingerprint density at radius 2 is 1.81 bits per heavy atom. The van der Waals surface area contributed by atoms with E-state index in [9.17, 15) is 9.59 Å². The van der Waals surface area contributed by atoms with Crippen molar-refractivity contribution in [3.63, 3.8) is 0 Å². The second kappa shape index (κ2) is 12.9. The smallest absolute Gasteiger partial charge is 0.265 e. The lowest BCUT2D eigenvalue weighted by molar-refractivity contribution is -0.129. The molecule has 10 heteroatoms. The summed E-state index contributed by atoms with van der Waals surface area (Å²) >= 11 is 0. The largest absolute Gasteiger partial charge is 0.490 e. The van der Waals surface area contributed by atoms with Crippen LogP contribution in [0.25, 0.3) is 0 Å². The minimum atomic E-state index is -0.894. The van der Waals surface area contributed by atoms with Crippen LogP contribution in [0.15, 0.2) is 67.0 Å². The number of amides is 2. The molecule has 0 spiro atoms. The number of nitrogen functional groups attached to an aromatic ring is 1. The quantitative estimate of drug-likeness (QED) is 0.153. The summed E-state index contributed by atoms with van der Waals surface area (Å²) in [4.78, 5) is 29.7. The summed E-state index contributed by atoms with van der Waals surface area (Å²) in [5.41, 5.74) is 13.0. The molecule has 1 unspecified atom stereocenters. The maximum atomic E-state index is 13.3. The maximum Gasteiger partial charge on any atom is 0.265 e. The molecule has 0 radical (unpaired) electrons. The van der Waals surface area contributed by atoms with Crippen molar-refractivity contribution < 1.29 is 19.1 Å². The predicted molar refractivity (Wildman–Crippen MR) is 141 cm³/mol. The molecule has 2 amide bonds. The van der Waals surface area contributed by atoms with E-state index in [1.54, 1.807) is 67.0 Å². The Hall–Kier alpha value is -4.60. The van der Waals surface area contributed by atoms with Crippen molar-refractivity contribution in [3.05, 3.63) is 83.7 Å². The molecule has 3 aromatic rings. The fourth-order valence-corrected chi connectivity index (χ4v) is 3.47. The van der Waals surface area contributed by atoms with Gasteiger partial charge >= 0.3 is 0 Å². The molecular weight excluding hydrogens is 472 g/mol. The zero-order chi connectivity index (χ0) is 26.8. The summed E-state index contributed by atoms with van der Waals surface area (Å²) in [6.45, 7) is 6.11. The second-order valence-electron chi connectivity index (χ2n) is 8.45. The highest BCUT2D eigenvalue weighted by Crippen LogP contribution is 2.32. The van der Waals surface area contributed by atoms with Crippen LogP contribution in [0.5, 0.6) is 11.5 Å². The lowest BCUT2D eigenvalue weighted by atomic mass is 10.0. The van der Waals surface area contributed by atoms with Crippen molar-refractivity contribution in [2.45, 2.75) is 39.3 Å². The highest BCUT2D eigenvalue weighted by Gasteiger charge is 2.23. The third-order valence-corrected chi connectivity index (χ3v) is 5.15. The van der Waals surface area contributed by atoms with E-state index >= 15 is 0 Å². The number of hydrogen-bond acceptors (Lipinski definition) is 7. The number of nitrogens with two attached hydrogens (primary N) is 1.